The van der Waals surface area contributed by atoms with Gasteiger partial charge < -0.3 is 14.8 Å². The zero-order chi connectivity index (χ0) is 20.1. The molecule has 1 fully saturated rings. The minimum atomic E-state index is 0.0751. The Bertz CT molecular complexity index is 786. The van der Waals surface area contributed by atoms with Crippen LogP contribution < -0.4 is 5.32 Å². The van der Waals surface area contributed by atoms with Crippen molar-refractivity contribution in [3.63, 3.8) is 0 Å². The lowest BCUT2D eigenvalue weighted by atomic mass is 9.96. The molecule has 1 amide bonds. The first-order valence-electron chi connectivity index (χ1n) is 10.7. The highest BCUT2D eigenvalue weighted by Crippen LogP contribution is 2.22. The van der Waals surface area contributed by atoms with Crippen LogP contribution in [0.4, 0.5) is 5.82 Å². The summed E-state index contributed by atoms with van der Waals surface area (Å²) < 4.78 is 2.02. The van der Waals surface area contributed by atoms with Crippen LogP contribution in [0.2, 0.25) is 0 Å². The Labute approximate surface area is 167 Å². The number of hydrogen-bond acceptors (Lipinski definition) is 5. The lowest BCUT2D eigenvalue weighted by molar-refractivity contribution is -0.136. The maximum atomic E-state index is 13.0. The summed E-state index contributed by atoms with van der Waals surface area (Å²) in [5.74, 6) is 1.66. The number of nitrogens with one attached hydrogen (secondary N) is 1. The van der Waals surface area contributed by atoms with Crippen molar-refractivity contribution in [3.05, 3.63) is 12.7 Å². The molecule has 0 spiro atoms. The van der Waals surface area contributed by atoms with Crippen LogP contribution in [0.15, 0.2) is 12.7 Å². The quantitative estimate of drug-likeness (QED) is 0.819. The van der Waals surface area contributed by atoms with E-state index in [0.29, 0.717) is 5.92 Å². The van der Waals surface area contributed by atoms with Crippen LogP contribution in [0.5, 0.6) is 0 Å². The van der Waals surface area contributed by atoms with E-state index in [1.165, 1.54) is 6.42 Å². The average molecular weight is 387 g/mol. The van der Waals surface area contributed by atoms with Gasteiger partial charge in [0.25, 0.3) is 0 Å². The number of anilines is 1. The van der Waals surface area contributed by atoms with Gasteiger partial charge in [0.1, 0.15) is 11.8 Å². The highest BCUT2D eigenvalue weighted by molar-refractivity contribution is 5.83. The molecule has 0 aliphatic carbocycles. The number of fused-ring (bicyclic) bond motifs is 1. The first kappa shape index (κ1) is 20.6. The van der Waals surface area contributed by atoms with Crippen LogP contribution >= 0.6 is 0 Å². The fourth-order valence-electron chi connectivity index (χ4n) is 4.17. The lowest BCUT2D eigenvalue weighted by Crippen LogP contribution is -2.44. The minimum absolute atomic E-state index is 0.0751. The van der Waals surface area contributed by atoms with Crippen molar-refractivity contribution in [2.75, 3.05) is 18.4 Å². The van der Waals surface area contributed by atoms with E-state index in [9.17, 15) is 4.79 Å². The molecule has 0 aromatic carbocycles. The van der Waals surface area contributed by atoms with Gasteiger partial charge in [0.2, 0.25) is 5.91 Å². The predicted octanol–water partition coefficient (Wildman–Crippen LogP) is 3.71. The molecule has 0 bridgehead atoms. The molecule has 0 saturated carbocycles. The lowest BCUT2D eigenvalue weighted by Gasteiger charge is -2.33. The first-order chi connectivity index (χ1) is 13.5. The zero-order valence-corrected chi connectivity index (χ0v) is 17.7. The van der Waals surface area contributed by atoms with Gasteiger partial charge in [-0.15, -0.1) is 0 Å². The van der Waals surface area contributed by atoms with E-state index in [0.717, 1.165) is 62.3 Å². The van der Waals surface area contributed by atoms with Crippen molar-refractivity contribution in [1.82, 2.24) is 24.4 Å². The van der Waals surface area contributed by atoms with Gasteiger partial charge in [-0.1, -0.05) is 33.6 Å². The van der Waals surface area contributed by atoms with Crippen molar-refractivity contribution in [1.29, 1.82) is 0 Å². The number of rotatable bonds is 6. The Morgan fingerprint density at radius 2 is 2.04 bits per heavy atom. The molecule has 154 valence electrons. The Balaban J connectivity index is 1.75. The van der Waals surface area contributed by atoms with Crippen LogP contribution in [0.3, 0.4) is 0 Å². The third kappa shape index (κ3) is 4.80. The van der Waals surface area contributed by atoms with Crippen molar-refractivity contribution >= 4 is 22.9 Å². The molecule has 7 heteroatoms. The van der Waals surface area contributed by atoms with E-state index in [1.807, 2.05) is 10.9 Å². The summed E-state index contributed by atoms with van der Waals surface area (Å²) in [6.07, 6.45) is 8.78. The molecule has 3 rings (SSSR count). The summed E-state index contributed by atoms with van der Waals surface area (Å²) in [6.45, 7) is 10.9. The van der Waals surface area contributed by atoms with E-state index < -0.39 is 0 Å². The van der Waals surface area contributed by atoms with Crippen molar-refractivity contribution in [2.24, 2.45) is 11.8 Å². The molecule has 0 radical (unpaired) electrons. The molecule has 28 heavy (non-hydrogen) atoms. The van der Waals surface area contributed by atoms with E-state index in [4.69, 9.17) is 0 Å². The maximum absolute atomic E-state index is 13.0. The Kier molecular flexibility index (Phi) is 6.86. The number of amides is 1. The highest BCUT2D eigenvalue weighted by atomic mass is 16.2. The third-order valence-corrected chi connectivity index (χ3v) is 5.56. The van der Waals surface area contributed by atoms with E-state index in [1.54, 1.807) is 6.33 Å². The van der Waals surface area contributed by atoms with Gasteiger partial charge in [0.15, 0.2) is 11.5 Å². The van der Waals surface area contributed by atoms with Gasteiger partial charge >= 0.3 is 0 Å². The topological polar surface area (TPSA) is 75.9 Å². The normalized spacial score (nSPS) is 19.5. The molecule has 1 N–H and O–H groups in total. The Morgan fingerprint density at radius 1 is 1.21 bits per heavy atom. The van der Waals surface area contributed by atoms with Gasteiger partial charge in [-0.05, 0) is 32.1 Å². The predicted molar refractivity (Wildman–Crippen MR) is 112 cm³/mol. The molecular formula is C21H34N6O. The highest BCUT2D eigenvalue weighted by Gasteiger charge is 2.26. The second kappa shape index (κ2) is 9.34. The van der Waals surface area contributed by atoms with E-state index >= 15 is 0 Å². The second-order valence-corrected chi connectivity index (χ2v) is 8.43. The van der Waals surface area contributed by atoms with Gasteiger partial charge in [0, 0.05) is 31.6 Å². The first-order valence-corrected chi connectivity index (χ1v) is 10.7. The summed E-state index contributed by atoms with van der Waals surface area (Å²) >= 11 is 0. The van der Waals surface area contributed by atoms with Gasteiger partial charge in [0.05, 0.1) is 6.33 Å². The Hall–Kier alpha value is -2.18. The van der Waals surface area contributed by atoms with Crippen LogP contribution in [0.1, 0.15) is 59.8 Å². The number of nitrogens with zero attached hydrogens (tertiary/aromatic N) is 5. The SMILES string of the molecule is CCn1cnc2c(NC3CCCCCN(C(=O)C(C)CC(C)C)C3)ncnc21. The number of imidazole rings is 1. The van der Waals surface area contributed by atoms with E-state index in [2.05, 4.69) is 52.9 Å². The summed E-state index contributed by atoms with van der Waals surface area (Å²) in [7, 11) is 0. The summed E-state index contributed by atoms with van der Waals surface area (Å²) in [6, 6.07) is 0.181. The smallest absolute Gasteiger partial charge is 0.225 e. The molecule has 1 saturated heterocycles. The number of hydrogen-bond donors (Lipinski definition) is 1. The average Bonchev–Trinajstić information content (AvgIpc) is 3.06. The summed E-state index contributed by atoms with van der Waals surface area (Å²) in [5, 5.41) is 3.57. The molecule has 2 aromatic rings. The number of carbonyl (C=O) groups is 1. The number of aromatic nitrogens is 4. The molecule has 2 atom stereocenters. The molecule has 3 heterocycles. The Morgan fingerprint density at radius 3 is 2.79 bits per heavy atom. The number of likely N-dealkylation sites (tertiary alicyclic amines) is 1. The van der Waals surface area contributed by atoms with Crippen molar-refractivity contribution in [2.45, 2.75) is 72.4 Å². The second-order valence-electron chi connectivity index (χ2n) is 8.43. The van der Waals surface area contributed by atoms with Crippen LogP contribution in [0, 0.1) is 11.8 Å². The van der Waals surface area contributed by atoms with Crippen molar-refractivity contribution in [3.8, 4) is 0 Å². The monoisotopic (exact) mass is 386 g/mol. The summed E-state index contributed by atoms with van der Waals surface area (Å²) in [4.78, 5) is 28.4. The van der Waals surface area contributed by atoms with Crippen LogP contribution in [-0.4, -0.2) is 49.5 Å². The third-order valence-electron chi connectivity index (χ3n) is 5.56. The fraction of sp³-hybridized carbons (Fsp3) is 0.714. The maximum Gasteiger partial charge on any atom is 0.225 e. The van der Waals surface area contributed by atoms with Gasteiger partial charge in [-0.3, -0.25) is 4.79 Å². The van der Waals surface area contributed by atoms with Crippen LogP contribution in [-0.2, 0) is 11.3 Å². The van der Waals surface area contributed by atoms with Gasteiger partial charge in [-0.25, -0.2) is 15.0 Å². The van der Waals surface area contributed by atoms with E-state index in [-0.39, 0.29) is 17.9 Å². The standard InChI is InChI=1S/C21H34N6O/c1-5-26-14-24-18-19(22-13-23-20(18)26)25-17-9-7-6-8-10-27(12-17)21(28)16(4)11-15(2)3/h13-17H,5-12H2,1-4H3,(H,22,23,25). The molecular weight excluding hydrogens is 352 g/mol. The molecule has 2 aromatic heterocycles. The zero-order valence-electron chi connectivity index (χ0n) is 17.7. The molecule has 1 aliphatic rings. The van der Waals surface area contributed by atoms with Crippen LogP contribution in [0.25, 0.3) is 11.2 Å². The van der Waals surface area contributed by atoms with Crippen molar-refractivity contribution < 1.29 is 4.79 Å². The number of aryl methyl sites for hydroxylation is 1. The number of carbonyl (C=O) groups excluding carboxylic acids is 1. The van der Waals surface area contributed by atoms with Gasteiger partial charge in [-0.2, -0.15) is 0 Å². The molecule has 2 unspecified atom stereocenters. The minimum Gasteiger partial charge on any atom is -0.364 e. The largest absolute Gasteiger partial charge is 0.364 e. The molecule has 1 aliphatic heterocycles. The molecule has 7 nitrogen and oxygen atoms in total. The summed E-state index contributed by atoms with van der Waals surface area (Å²) in [5.41, 5.74) is 1.65. The fourth-order valence-corrected chi connectivity index (χ4v) is 4.17.